The molecule has 3 fully saturated rings. The van der Waals surface area contributed by atoms with Crippen molar-refractivity contribution in [2.24, 2.45) is 0 Å². The maximum absolute atomic E-state index is 12.1. The number of nitrogens with one attached hydrogen (secondary N) is 1. The summed E-state index contributed by atoms with van der Waals surface area (Å²) in [7, 11) is 0. The molecule has 4 rings (SSSR count). The van der Waals surface area contributed by atoms with Crippen LogP contribution in [0.15, 0.2) is 22.8 Å². The van der Waals surface area contributed by atoms with Crippen LogP contribution in [0.5, 0.6) is 0 Å². The Morgan fingerprint density at radius 1 is 1.04 bits per heavy atom. The van der Waals surface area contributed by atoms with Crippen molar-refractivity contribution in [2.75, 3.05) is 6.54 Å². The molecule has 138 valence electrons. The number of hydrogen-bond acceptors (Lipinski definition) is 7. The van der Waals surface area contributed by atoms with Crippen LogP contribution in [0.3, 0.4) is 0 Å². The molecule has 1 aromatic rings. The van der Waals surface area contributed by atoms with Gasteiger partial charge in [-0.15, -0.1) is 0 Å². The maximum atomic E-state index is 12.1. The first kappa shape index (κ1) is 17.0. The van der Waals surface area contributed by atoms with Gasteiger partial charge in [0.05, 0.1) is 6.26 Å². The van der Waals surface area contributed by atoms with Crippen molar-refractivity contribution < 1.29 is 32.9 Å². The highest BCUT2D eigenvalue weighted by Gasteiger charge is 2.60. The van der Waals surface area contributed by atoms with E-state index in [1.54, 1.807) is 12.1 Å². The molecule has 0 aliphatic carbocycles. The molecule has 0 unspecified atom stereocenters. The quantitative estimate of drug-likeness (QED) is 0.879. The molecule has 25 heavy (non-hydrogen) atoms. The average Bonchev–Trinajstić information content (AvgIpc) is 3.19. The summed E-state index contributed by atoms with van der Waals surface area (Å²) in [5.74, 6) is -1.58. The molecule has 1 N–H and O–H groups in total. The Hall–Kier alpha value is -1.45. The number of rotatable bonds is 3. The third-order valence-electron chi connectivity index (χ3n) is 4.46. The number of furan rings is 1. The Bertz CT molecular complexity index is 641. The molecule has 0 aromatic carbocycles. The Balaban J connectivity index is 1.49. The minimum absolute atomic E-state index is 0.243. The van der Waals surface area contributed by atoms with Crippen molar-refractivity contribution in [3.05, 3.63) is 24.2 Å². The predicted molar refractivity (Wildman–Crippen MR) is 83.6 cm³/mol. The van der Waals surface area contributed by atoms with E-state index in [-0.39, 0.29) is 36.5 Å². The van der Waals surface area contributed by atoms with Gasteiger partial charge >= 0.3 is 0 Å². The van der Waals surface area contributed by atoms with Gasteiger partial charge in [-0.2, -0.15) is 0 Å². The van der Waals surface area contributed by atoms with Gasteiger partial charge < -0.3 is 33.4 Å². The van der Waals surface area contributed by atoms with Crippen molar-refractivity contribution in [1.29, 1.82) is 0 Å². The van der Waals surface area contributed by atoms with Crippen LogP contribution >= 0.6 is 0 Å². The fraction of sp³-hybridized carbons (Fsp3) is 0.706. The lowest BCUT2D eigenvalue weighted by Gasteiger charge is -2.37. The Morgan fingerprint density at radius 3 is 2.44 bits per heavy atom. The summed E-state index contributed by atoms with van der Waals surface area (Å²) in [4.78, 5) is 12.1. The predicted octanol–water partition coefficient (Wildman–Crippen LogP) is 1.41. The molecule has 0 radical (unpaired) electrons. The minimum atomic E-state index is -0.762. The Labute approximate surface area is 145 Å². The Morgan fingerprint density at radius 2 is 1.72 bits per heavy atom. The van der Waals surface area contributed by atoms with Gasteiger partial charge in [-0.25, -0.2) is 0 Å². The van der Waals surface area contributed by atoms with Gasteiger partial charge in [0.1, 0.15) is 24.4 Å². The summed E-state index contributed by atoms with van der Waals surface area (Å²) in [6.45, 7) is 7.60. The van der Waals surface area contributed by atoms with Crippen LogP contribution < -0.4 is 5.32 Å². The van der Waals surface area contributed by atoms with Crippen LogP contribution in [0, 0.1) is 0 Å². The summed E-state index contributed by atoms with van der Waals surface area (Å²) in [6, 6.07) is 3.26. The molecule has 1 amide bonds. The van der Waals surface area contributed by atoms with E-state index in [9.17, 15) is 4.79 Å². The highest BCUT2D eigenvalue weighted by molar-refractivity contribution is 5.91. The summed E-state index contributed by atoms with van der Waals surface area (Å²) in [6.07, 6.45) is -0.622. The minimum Gasteiger partial charge on any atom is -0.459 e. The van der Waals surface area contributed by atoms with Gasteiger partial charge in [0.15, 0.2) is 23.6 Å². The highest BCUT2D eigenvalue weighted by Crippen LogP contribution is 2.43. The molecule has 3 aliphatic heterocycles. The zero-order valence-electron chi connectivity index (χ0n) is 14.7. The fourth-order valence-electron chi connectivity index (χ4n) is 3.55. The van der Waals surface area contributed by atoms with E-state index < -0.39 is 24.0 Å². The first-order valence-corrected chi connectivity index (χ1v) is 8.43. The standard InChI is InChI=1S/C17H23NO7/c1-16(2)22-11-10(8-18-14(19)9-6-5-7-20-9)21-15-13(12(11)23-16)24-17(3,4)25-15/h5-7,10-13,15H,8H2,1-4H3,(H,18,19)/t10-,11+,12+,13+,15-/m0/s1. The number of amides is 1. The normalized spacial score (nSPS) is 38.2. The van der Waals surface area contributed by atoms with Gasteiger partial charge in [0.25, 0.3) is 5.91 Å². The summed E-state index contributed by atoms with van der Waals surface area (Å²) in [5.41, 5.74) is 0. The van der Waals surface area contributed by atoms with Crippen molar-refractivity contribution in [2.45, 2.75) is 70.0 Å². The molecule has 8 nitrogen and oxygen atoms in total. The molecule has 0 bridgehead atoms. The molecular formula is C17H23NO7. The first-order chi connectivity index (χ1) is 11.7. The van der Waals surface area contributed by atoms with E-state index in [4.69, 9.17) is 28.1 Å². The molecule has 3 aliphatic rings. The summed E-state index contributed by atoms with van der Waals surface area (Å²) in [5, 5.41) is 2.81. The third kappa shape index (κ3) is 3.20. The second-order valence-electron chi connectivity index (χ2n) is 7.40. The van der Waals surface area contributed by atoms with Crippen LogP contribution in [0.1, 0.15) is 38.2 Å². The van der Waals surface area contributed by atoms with Crippen molar-refractivity contribution in [3.8, 4) is 0 Å². The zero-order chi connectivity index (χ0) is 17.8. The third-order valence-corrected chi connectivity index (χ3v) is 4.46. The van der Waals surface area contributed by atoms with E-state index in [2.05, 4.69) is 5.32 Å². The molecule has 1 aromatic heterocycles. The lowest BCUT2D eigenvalue weighted by Crippen LogP contribution is -2.57. The van der Waals surface area contributed by atoms with Gasteiger partial charge in [0.2, 0.25) is 0 Å². The van der Waals surface area contributed by atoms with E-state index in [0.717, 1.165) is 0 Å². The molecule has 0 spiro atoms. The van der Waals surface area contributed by atoms with Crippen LogP contribution in [0.4, 0.5) is 0 Å². The second kappa shape index (κ2) is 5.78. The molecular weight excluding hydrogens is 330 g/mol. The maximum Gasteiger partial charge on any atom is 0.287 e. The monoisotopic (exact) mass is 353 g/mol. The van der Waals surface area contributed by atoms with Crippen LogP contribution in [-0.4, -0.2) is 54.7 Å². The van der Waals surface area contributed by atoms with Gasteiger partial charge in [0, 0.05) is 6.54 Å². The molecule has 0 saturated carbocycles. The number of ether oxygens (including phenoxy) is 5. The van der Waals surface area contributed by atoms with E-state index in [1.807, 2.05) is 27.7 Å². The van der Waals surface area contributed by atoms with Crippen molar-refractivity contribution >= 4 is 5.91 Å². The van der Waals surface area contributed by atoms with Crippen molar-refractivity contribution in [3.63, 3.8) is 0 Å². The van der Waals surface area contributed by atoms with E-state index >= 15 is 0 Å². The van der Waals surface area contributed by atoms with Gasteiger partial charge in [-0.3, -0.25) is 4.79 Å². The largest absolute Gasteiger partial charge is 0.459 e. The van der Waals surface area contributed by atoms with Crippen LogP contribution in [0.2, 0.25) is 0 Å². The SMILES string of the molecule is CC1(C)O[C@@H]2O[C@@H](CNC(=O)c3ccco3)[C@H]3OC(C)(C)O[C@H]3[C@H]2O1. The summed E-state index contributed by atoms with van der Waals surface area (Å²) < 4.78 is 34.9. The van der Waals surface area contributed by atoms with Crippen LogP contribution in [0.25, 0.3) is 0 Å². The number of hydrogen-bond donors (Lipinski definition) is 1. The van der Waals surface area contributed by atoms with E-state index in [1.165, 1.54) is 6.26 Å². The smallest absolute Gasteiger partial charge is 0.287 e. The molecule has 4 heterocycles. The number of carbonyl (C=O) groups is 1. The van der Waals surface area contributed by atoms with Gasteiger partial charge in [-0.05, 0) is 39.8 Å². The second-order valence-corrected chi connectivity index (χ2v) is 7.40. The molecule has 3 saturated heterocycles. The average molecular weight is 353 g/mol. The first-order valence-electron chi connectivity index (χ1n) is 8.43. The van der Waals surface area contributed by atoms with Gasteiger partial charge in [-0.1, -0.05) is 0 Å². The molecule has 8 heteroatoms. The Kier molecular flexibility index (Phi) is 3.93. The zero-order valence-corrected chi connectivity index (χ0v) is 14.7. The fourth-order valence-corrected chi connectivity index (χ4v) is 3.55. The lowest BCUT2D eigenvalue weighted by molar-refractivity contribution is -0.232. The summed E-state index contributed by atoms with van der Waals surface area (Å²) >= 11 is 0. The number of fused-ring (bicyclic) bond motifs is 3. The highest BCUT2D eigenvalue weighted by atomic mass is 16.9. The topological polar surface area (TPSA) is 88.4 Å². The lowest BCUT2D eigenvalue weighted by atomic mass is 9.99. The van der Waals surface area contributed by atoms with Crippen LogP contribution in [-0.2, 0) is 23.7 Å². The molecule has 5 atom stereocenters. The van der Waals surface area contributed by atoms with Crippen molar-refractivity contribution in [1.82, 2.24) is 5.32 Å². The van der Waals surface area contributed by atoms with E-state index in [0.29, 0.717) is 0 Å². The number of carbonyl (C=O) groups excluding carboxylic acids is 1.